The van der Waals surface area contributed by atoms with Gasteiger partial charge in [-0.15, -0.1) is 0 Å². The molecule has 0 saturated carbocycles. The molecule has 3 aromatic rings. The van der Waals surface area contributed by atoms with Gasteiger partial charge in [-0.2, -0.15) is 0 Å². The first kappa shape index (κ1) is 24.6. The van der Waals surface area contributed by atoms with Crippen molar-refractivity contribution in [3.63, 3.8) is 0 Å². The minimum absolute atomic E-state index is 0.171. The van der Waals surface area contributed by atoms with Crippen LogP contribution in [0.15, 0.2) is 48.7 Å². The highest BCUT2D eigenvalue weighted by Crippen LogP contribution is 2.37. The topological polar surface area (TPSA) is 69.5 Å². The summed E-state index contributed by atoms with van der Waals surface area (Å²) >= 11 is 1.74. The SMILES string of the molecule is CCc1cn2c3c(cc(C(=O)N[C@@H](Cc4ccccc4)[C@H](O)CNCCF)cc13)N(C)SCC2. The first-order valence-electron chi connectivity index (χ1n) is 11.8. The molecule has 0 fully saturated rings. The molecule has 0 spiro atoms. The van der Waals surface area contributed by atoms with Crippen molar-refractivity contribution in [2.75, 3.05) is 36.9 Å². The summed E-state index contributed by atoms with van der Waals surface area (Å²) in [6, 6.07) is 13.2. The van der Waals surface area contributed by atoms with Crippen LogP contribution in [0.1, 0.15) is 28.4 Å². The number of hydrogen-bond donors (Lipinski definition) is 3. The highest BCUT2D eigenvalue weighted by molar-refractivity contribution is 8.00. The number of alkyl halides is 1. The molecule has 0 bridgehead atoms. The molecule has 1 aromatic heterocycles. The molecule has 1 amide bonds. The summed E-state index contributed by atoms with van der Waals surface area (Å²) in [5.41, 5.74) is 5.00. The highest BCUT2D eigenvalue weighted by Gasteiger charge is 2.25. The number of halogens is 1. The van der Waals surface area contributed by atoms with E-state index >= 15 is 0 Å². The molecule has 1 aliphatic heterocycles. The molecule has 2 aromatic carbocycles. The predicted octanol–water partition coefficient (Wildman–Crippen LogP) is 3.56. The van der Waals surface area contributed by atoms with Crippen LogP contribution >= 0.6 is 11.9 Å². The molecule has 3 N–H and O–H groups in total. The van der Waals surface area contributed by atoms with Crippen LogP contribution < -0.4 is 14.9 Å². The van der Waals surface area contributed by atoms with Crippen molar-refractivity contribution in [2.24, 2.45) is 0 Å². The molecule has 6 nitrogen and oxygen atoms in total. The Morgan fingerprint density at radius 3 is 2.79 bits per heavy atom. The minimum atomic E-state index is -0.855. The zero-order chi connectivity index (χ0) is 24.1. The Morgan fingerprint density at radius 1 is 1.26 bits per heavy atom. The van der Waals surface area contributed by atoms with Gasteiger partial charge in [0, 0.05) is 49.6 Å². The lowest BCUT2D eigenvalue weighted by Crippen LogP contribution is -2.49. The summed E-state index contributed by atoms with van der Waals surface area (Å²) in [5, 5.41) is 17.9. The van der Waals surface area contributed by atoms with Crippen LogP contribution in [0, 0.1) is 0 Å². The number of amides is 1. The van der Waals surface area contributed by atoms with Gasteiger partial charge in [0.05, 0.1) is 23.3 Å². The number of nitrogens with zero attached hydrogens (tertiary/aromatic N) is 2. The van der Waals surface area contributed by atoms with E-state index < -0.39 is 18.8 Å². The number of nitrogens with one attached hydrogen (secondary N) is 2. The van der Waals surface area contributed by atoms with Gasteiger partial charge in [0.1, 0.15) is 6.67 Å². The van der Waals surface area contributed by atoms with Crippen LogP contribution in [0.3, 0.4) is 0 Å². The van der Waals surface area contributed by atoms with E-state index in [1.54, 1.807) is 11.9 Å². The molecule has 182 valence electrons. The molecule has 1 aliphatic rings. The van der Waals surface area contributed by atoms with E-state index in [2.05, 4.69) is 32.6 Å². The molecule has 4 rings (SSSR count). The molecule has 2 atom stereocenters. The minimum Gasteiger partial charge on any atom is -0.390 e. The van der Waals surface area contributed by atoms with Gasteiger partial charge in [0.25, 0.3) is 5.91 Å². The lowest BCUT2D eigenvalue weighted by Gasteiger charge is -2.25. The van der Waals surface area contributed by atoms with Crippen molar-refractivity contribution >= 4 is 34.4 Å². The Balaban J connectivity index is 1.63. The monoisotopic (exact) mass is 484 g/mol. The van der Waals surface area contributed by atoms with Crippen molar-refractivity contribution in [2.45, 2.75) is 38.5 Å². The second kappa shape index (κ2) is 11.3. The van der Waals surface area contributed by atoms with Gasteiger partial charge in [-0.3, -0.25) is 4.79 Å². The van der Waals surface area contributed by atoms with E-state index in [0.717, 1.165) is 40.9 Å². The lowest BCUT2D eigenvalue weighted by atomic mass is 10.00. The van der Waals surface area contributed by atoms with Gasteiger partial charge in [-0.05, 0) is 48.0 Å². The third kappa shape index (κ3) is 5.40. The summed E-state index contributed by atoms with van der Waals surface area (Å²) < 4.78 is 17.0. The van der Waals surface area contributed by atoms with E-state index in [9.17, 15) is 14.3 Å². The third-order valence-corrected chi connectivity index (χ3v) is 7.29. The van der Waals surface area contributed by atoms with Crippen molar-refractivity contribution in [3.05, 3.63) is 65.4 Å². The Morgan fingerprint density at radius 2 is 2.06 bits per heavy atom. The summed E-state index contributed by atoms with van der Waals surface area (Å²) in [6.45, 7) is 2.93. The van der Waals surface area contributed by atoms with Crippen molar-refractivity contribution in [1.29, 1.82) is 0 Å². The summed E-state index contributed by atoms with van der Waals surface area (Å²) in [4.78, 5) is 13.5. The van der Waals surface area contributed by atoms with Gasteiger partial charge in [-0.25, -0.2) is 4.39 Å². The van der Waals surface area contributed by atoms with Gasteiger partial charge >= 0.3 is 0 Å². The second-order valence-corrected chi connectivity index (χ2v) is 9.87. The fraction of sp³-hybridized carbons (Fsp3) is 0.423. The van der Waals surface area contributed by atoms with Crippen LogP contribution in [-0.4, -0.2) is 60.3 Å². The number of hydrogen-bond acceptors (Lipinski definition) is 5. The number of aliphatic hydroxyl groups is 1. The smallest absolute Gasteiger partial charge is 0.251 e. The molecular formula is C26H33FN4O2S. The van der Waals surface area contributed by atoms with Gasteiger partial charge in [0.15, 0.2) is 0 Å². The molecule has 0 saturated heterocycles. The van der Waals surface area contributed by atoms with Crippen LogP contribution in [0.4, 0.5) is 10.1 Å². The fourth-order valence-corrected chi connectivity index (χ4v) is 5.36. The highest BCUT2D eigenvalue weighted by atomic mass is 32.2. The molecule has 0 radical (unpaired) electrons. The maximum atomic E-state index is 13.5. The van der Waals surface area contributed by atoms with Crippen LogP contribution in [0.5, 0.6) is 0 Å². The fourth-order valence-electron chi connectivity index (χ4n) is 4.52. The predicted molar refractivity (Wildman–Crippen MR) is 138 cm³/mol. The largest absolute Gasteiger partial charge is 0.390 e. The zero-order valence-electron chi connectivity index (χ0n) is 19.8. The number of aliphatic hydroxyl groups excluding tert-OH is 1. The zero-order valence-corrected chi connectivity index (χ0v) is 20.6. The number of rotatable bonds is 10. The Bertz CT molecular complexity index is 1120. The Kier molecular flexibility index (Phi) is 8.13. The van der Waals surface area contributed by atoms with E-state index in [1.165, 1.54) is 5.56 Å². The molecule has 8 heteroatoms. The summed E-state index contributed by atoms with van der Waals surface area (Å²) in [6.07, 6.45) is 2.72. The average molecular weight is 485 g/mol. The quantitative estimate of drug-likeness (QED) is 0.303. The van der Waals surface area contributed by atoms with Crippen molar-refractivity contribution in [3.8, 4) is 0 Å². The Labute approximate surface area is 204 Å². The van der Waals surface area contributed by atoms with Crippen LogP contribution in [-0.2, 0) is 19.4 Å². The standard InChI is InChI=1S/C26H33FN4O2S/c1-3-19-17-31-11-12-34-30(2)23-15-20(14-21(19)25(23)31)26(33)29-22(24(32)16-28-10-9-27)13-18-7-5-4-6-8-18/h4-8,14-15,17,22,24,28,32H,3,9-13,16H2,1-2H3,(H,29,33)/t22-,24+/m0/s1. The number of carbonyl (C=O) groups excluding carboxylic acids is 1. The summed E-state index contributed by atoms with van der Waals surface area (Å²) in [7, 11) is 2.04. The van der Waals surface area contributed by atoms with Gasteiger partial charge in [-0.1, -0.05) is 37.3 Å². The molecular weight excluding hydrogens is 451 g/mol. The molecule has 34 heavy (non-hydrogen) atoms. The number of anilines is 1. The van der Waals surface area contributed by atoms with Gasteiger partial charge < -0.3 is 24.6 Å². The number of aryl methyl sites for hydroxylation is 2. The maximum Gasteiger partial charge on any atom is 0.251 e. The van der Waals surface area contributed by atoms with Crippen molar-refractivity contribution < 1.29 is 14.3 Å². The average Bonchev–Trinajstić information content (AvgIpc) is 3.12. The first-order valence-corrected chi connectivity index (χ1v) is 12.8. The van der Waals surface area contributed by atoms with E-state index in [1.807, 2.05) is 49.5 Å². The molecule has 0 aliphatic carbocycles. The van der Waals surface area contributed by atoms with E-state index in [4.69, 9.17) is 0 Å². The maximum absolute atomic E-state index is 13.5. The number of aromatic nitrogens is 1. The summed E-state index contributed by atoms with van der Waals surface area (Å²) in [5.74, 6) is 0.748. The normalized spacial score (nSPS) is 15.2. The van der Waals surface area contributed by atoms with E-state index in [0.29, 0.717) is 12.0 Å². The lowest BCUT2D eigenvalue weighted by molar-refractivity contribution is 0.0830. The van der Waals surface area contributed by atoms with E-state index in [-0.39, 0.29) is 19.0 Å². The molecule has 0 unspecified atom stereocenters. The second-order valence-electron chi connectivity index (χ2n) is 8.65. The van der Waals surface area contributed by atoms with Gasteiger partial charge in [0.2, 0.25) is 0 Å². The van der Waals surface area contributed by atoms with Crippen molar-refractivity contribution in [1.82, 2.24) is 15.2 Å². The number of benzene rings is 2. The van der Waals surface area contributed by atoms with Crippen LogP contribution in [0.25, 0.3) is 10.9 Å². The number of carbonyl (C=O) groups is 1. The van der Waals surface area contributed by atoms with Crippen LogP contribution in [0.2, 0.25) is 0 Å². The Hall–Kier alpha value is -2.55. The first-order chi connectivity index (χ1) is 16.5. The third-order valence-electron chi connectivity index (χ3n) is 6.34. The molecule has 2 heterocycles.